The maximum Gasteiger partial charge on any atom is 0.325 e. The summed E-state index contributed by atoms with van der Waals surface area (Å²) in [7, 11) is 0. The lowest BCUT2D eigenvalue weighted by atomic mass is 9.87. The van der Waals surface area contributed by atoms with Crippen molar-refractivity contribution in [2.24, 2.45) is 0 Å². The van der Waals surface area contributed by atoms with Gasteiger partial charge < -0.3 is 9.84 Å². The molecule has 9 heteroatoms. The normalized spacial score (nSPS) is 18.9. The van der Waals surface area contributed by atoms with Crippen molar-refractivity contribution in [3.8, 4) is 11.4 Å². The van der Waals surface area contributed by atoms with Crippen molar-refractivity contribution in [1.29, 1.82) is 0 Å². The van der Waals surface area contributed by atoms with E-state index in [1.165, 1.54) is 24.3 Å². The molecule has 1 fully saturated rings. The van der Waals surface area contributed by atoms with E-state index >= 15 is 0 Å². The molecule has 4 rings (SSSR count). The van der Waals surface area contributed by atoms with Crippen LogP contribution < -0.4 is 5.32 Å². The number of carbonyl (C=O) groups excluding carboxylic acids is 2. The maximum absolute atomic E-state index is 13.3. The Kier molecular flexibility index (Phi) is 4.79. The van der Waals surface area contributed by atoms with Gasteiger partial charge in [0.1, 0.15) is 17.9 Å². The monoisotopic (exact) mass is 414 g/mol. The van der Waals surface area contributed by atoms with E-state index in [-0.39, 0.29) is 12.4 Å². The van der Waals surface area contributed by atoms with Crippen LogP contribution in [0.25, 0.3) is 11.4 Å². The fourth-order valence-corrected chi connectivity index (χ4v) is 3.53. The molecule has 1 N–H and O–H groups in total. The highest BCUT2D eigenvalue weighted by Gasteiger charge is 2.51. The Balaban J connectivity index is 1.59. The highest BCUT2D eigenvalue weighted by atomic mass is 35.5. The van der Waals surface area contributed by atoms with Gasteiger partial charge in [-0.3, -0.25) is 9.69 Å². The Morgan fingerprint density at radius 2 is 1.97 bits per heavy atom. The standard InChI is InChI=1S/C20H16ClFN4O3/c1-2-20(13-6-8-15(22)9-7-13)18(27)26(19(28)24-20)11-16-23-17(25-29-16)12-4-3-5-14(21)10-12/h3-10H,2,11H2,1H3,(H,24,28). The predicted molar refractivity (Wildman–Crippen MR) is 102 cm³/mol. The lowest BCUT2D eigenvalue weighted by molar-refractivity contribution is -0.132. The molecule has 0 aliphatic carbocycles. The molecule has 2 aromatic carbocycles. The van der Waals surface area contributed by atoms with Crippen LogP contribution in [-0.4, -0.2) is 27.0 Å². The zero-order valence-corrected chi connectivity index (χ0v) is 16.1. The Hall–Kier alpha value is -3.26. The molecule has 3 aromatic rings. The molecule has 3 amide bonds. The summed E-state index contributed by atoms with van der Waals surface area (Å²) in [5, 5.41) is 7.14. The Bertz CT molecular complexity index is 1090. The maximum atomic E-state index is 13.3. The summed E-state index contributed by atoms with van der Waals surface area (Å²) in [4.78, 5) is 30.9. The quantitative estimate of drug-likeness (QED) is 0.640. The summed E-state index contributed by atoms with van der Waals surface area (Å²) >= 11 is 5.98. The Morgan fingerprint density at radius 3 is 2.66 bits per heavy atom. The van der Waals surface area contributed by atoms with Crippen LogP contribution in [0, 0.1) is 5.82 Å². The molecule has 1 atom stereocenters. The number of imide groups is 1. The van der Waals surface area contributed by atoms with Gasteiger partial charge in [-0.05, 0) is 36.2 Å². The van der Waals surface area contributed by atoms with Crippen molar-refractivity contribution in [1.82, 2.24) is 20.4 Å². The molecule has 0 spiro atoms. The zero-order chi connectivity index (χ0) is 20.6. The minimum Gasteiger partial charge on any atom is -0.337 e. The number of amides is 3. The molecule has 1 aliphatic rings. The van der Waals surface area contributed by atoms with E-state index in [0.29, 0.717) is 28.4 Å². The number of hydrogen-bond acceptors (Lipinski definition) is 5. The van der Waals surface area contributed by atoms with E-state index in [1.807, 2.05) is 0 Å². The number of aromatic nitrogens is 2. The largest absolute Gasteiger partial charge is 0.337 e. The van der Waals surface area contributed by atoms with Gasteiger partial charge in [-0.2, -0.15) is 4.98 Å². The molecule has 1 aromatic heterocycles. The second-order valence-corrected chi connectivity index (χ2v) is 7.05. The number of nitrogens with one attached hydrogen (secondary N) is 1. The molecule has 1 unspecified atom stereocenters. The summed E-state index contributed by atoms with van der Waals surface area (Å²) in [5.41, 5.74) is -0.105. The van der Waals surface area contributed by atoms with E-state index in [4.69, 9.17) is 16.1 Å². The third-order valence-corrected chi connectivity index (χ3v) is 5.12. The zero-order valence-electron chi connectivity index (χ0n) is 15.4. The summed E-state index contributed by atoms with van der Waals surface area (Å²) < 4.78 is 18.5. The van der Waals surface area contributed by atoms with Crippen LogP contribution >= 0.6 is 11.6 Å². The third kappa shape index (κ3) is 3.36. The fourth-order valence-electron chi connectivity index (χ4n) is 3.34. The molecule has 1 saturated heterocycles. The molecular formula is C20H16ClFN4O3. The lowest BCUT2D eigenvalue weighted by Gasteiger charge is -2.25. The fraction of sp³-hybridized carbons (Fsp3) is 0.200. The number of nitrogens with zero attached hydrogens (tertiary/aromatic N) is 3. The van der Waals surface area contributed by atoms with Crippen LogP contribution in [0.3, 0.4) is 0 Å². The molecule has 7 nitrogen and oxygen atoms in total. The highest BCUT2D eigenvalue weighted by molar-refractivity contribution is 6.30. The number of urea groups is 1. The van der Waals surface area contributed by atoms with Crippen molar-refractivity contribution in [2.45, 2.75) is 25.4 Å². The van der Waals surface area contributed by atoms with Gasteiger partial charge in [0.25, 0.3) is 5.91 Å². The Labute approximate surface area is 170 Å². The van der Waals surface area contributed by atoms with Crippen molar-refractivity contribution < 1.29 is 18.5 Å². The molecular weight excluding hydrogens is 399 g/mol. The van der Waals surface area contributed by atoms with Crippen LogP contribution in [0.15, 0.2) is 53.1 Å². The van der Waals surface area contributed by atoms with Crippen LogP contribution in [0.4, 0.5) is 9.18 Å². The molecule has 148 valence electrons. The first kappa shape index (κ1) is 19.1. The lowest BCUT2D eigenvalue weighted by Crippen LogP contribution is -2.43. The number of benzene rings is 2. The van der Waals surface area contributed by atoms with Gasteiger partial charge in [0, 0.05) is 10.6 Å². The first-order chi connectivity index (χ1) is 13.9. The summed E-state index contributed by atoms with van der Waals surface area (Å²) in [6.45, 7) is 1.59. The second-order valence-electron chi connectivity index (χ2n) is 6.61. The van der Waals surface area contributed by atoms with Crippen LogP contribution in [0.2, 0.25) is 5.02 Å². The smallest absolute Gasteiger partial charge is 0.325 e. The molecule has 0 radical (unpaired) electrons. The topological polar surface area (TPSA) is 88.3 Å². The van der Waals surface area contributed by atoms with E-state index in [9.17, 15) is 14.0 Å². The van der Waals surface area contributed by atoms with Gasteiger partial charge in [-0.25, -0.2) is 9.18 Å². The number of carbonyl (C=O) groups is 2. The van der Waals surface area contributed by atoms with Crippen molar-refractivity contribution in [3.05, 3.63) is 70.8 Å². The van der Waals surface area contributed by atoms with E-state index in [0.717, 1.165) is 4.90 Å². The first-order valence-corrected chi connectivity index (χ1v) is 9.29. The second kappa shape index (κ2) is 7.29. The van der Waals surface area contributed by atoms with Gasteiger partial charge in [0.2, 0.25) is 11.7 Å². The molecule has 0 saturated carbocycles. The molecule has 2 heterocycles. The number of hydrogen-bond donors (Lipinski definition) is 1. The van der Waals surface area contributed by atoms with Gasteiger partial charge in [0.15, 0.2) is 0 Å². The van der Waals surface area contributed by atoms with Crippen LogP contribution in [0.5, 0.6) is 0 Å². The number of rotatable bonds is 5. The molecule has 1 aliphatic heterocycles. The first-order valence-electron chi connectivity index (χ1n) is 8.91. The van der Waals surface area contributed by atoms with Crippen LogP contribution in [-0.2, 0) is 16.9 Å². The predicted octanol–water partition coefficient (Wildman–Crippen LogP) is 3.89. The van der Waals surface area contributed by atoms with Crippen molar-refractivity contribution in [3.63, 3.8) is 0 Å². The SMILES string of the molecule is CCC1(c2ccc(F)cc2)NC(=O)N(Cc2nc(-c3cccc(Cl)c3)no2)C1=O. The van der Waals surface area contributed by atoms with Crippen molar-refractivity contribution in [2.75, 3.05) is 0 Å². The third-order valence-electron chi connectivity index (χ3n) is 4.89. The van der Waals surface area contributed by atoms with Gasteiger partial charge >= 0.3 is 6.03 Å². The van der Waals surface area contributed by atoms with Gasteiger partial charge in [-0.1, -0.05) is 47.9 Å². The van der Waals surface area contributed by atoms with E-state index < -0.39 is 23.3 Å². The molecule has 29 heavy (non-hydrogen) atoms. The van der Waals surface area contributed by atoms with E-state index in [1.54, 1.807) is 31.2 Å². The minimum absolute atomic E-state index is 0.106. The van der Waals surface area contributed by atoms with Crippen molar-refractivity contribution >= 4 is 23.5 Å². The van der Waals surface area contributed by atoms with Crippen LogP contribution in [0.1, 0.15) is 24.8 Å². The average Bonchev–Trinajstić information content (AvgIpc) is 3.28. The minimum atomic E-state index is -1.26. The average molecular weight is 415 g/mol. The summed E-state index contributed by atoms with van der Waals surface area (Å²) in [5.74, 6) is -0.475. The highest BCUT2D eigenvalue weighted by Crippen LogP contribution is 2.33. The summed E-state index contributed by atoms with van der Waals surface area (Å²) in [6.07, 6.45) is 0.303. The van der Waals surface area contributed by atoms with Gasteiger partial charge in [-0.15, -0.1) is 0 Å². The molecule has 0 bridgehead atoms. The summed E-state index contributed by atoms with van der Waals surface area (Å²) in [6, 6.07) is 11.8. The Morgan fingerprint density at radius 1 is 1.21 bits per heavy atom. The van der Waals surface area contributed by atoms with E-state index in [2.05, 4.69) is 15.5 Å². The van der Waals surface area contributed by atoms with Gasteiger partial charge in [0.05, 0.1) is 0 Å². The number of halogens is 2.